The molecule has 0 amide bonds. The summed E-state index contributed by atoms with van der Waals surface area (Å²) in [5.41, 5.74) is 1.42. The number of aromatic hydroxyl groups is 2. The molecule has 2 rings (SSSR count). The Morgan fingerprint density at radius 1 is 0.630 bits per heavy atom. The molecule has 2 aromatic carbocycles. The van der Waals surface area contributed by atoms with Gasteiger partial charge in [0, 0.05) is 5.41 Å². The average Bonchev–Trinajstić information content (AvgIpc) is 2.70. The van der Waals surface area contributed by atoms with E-state index in [1.165, 1.54) is 28.4 Å². The van der Waals surface area contributed by atoms with Crippen LogP contribution < -0.4 is 18.9 Å². The lowest BCUT2D eigenvalue weighted by Gasteiger charge is -2.34. The molecular weight excluding hydrogens is 348 g/mol. The van der Waals surface area contributed by atoms with Gasteiger partial charge in [0.15, 0.2) is 23.0 Å². The first-order chi connectivity index (χ1) is 12.9. The van der Waals surface area contributed by atoms with E-state index in [1.807, 2.05) is 24.3 Å². The minimum absolute atomic E-state index is 0.0364. The van der Waals surface area contributed by atoms with E-state index >= 15 is 0 Å². The quantitative estimate of drug-likeness (QED) is 0.718. The summed E-state index contributed by atoms with van der Waals surface area (Å²) < 4.78 is 21.4. The lowest BCUT2D eigenvalue weighted by molar-refractivity contribution is 0.333. The smallest absolute Gasteiger partial charge is 0.200 e. The zero-order valence-electron chi connectivity index (χ0n) is 16.8. The van der Waals surface area contributed by atoms with Gasteiger partial charge in [0.2, 0.25) is 11.5 Å². The molecule has 6 nitrogen and oxygen atoms in total. The van der Waals surface area contributed by atoms with Gasteiger partial charge >= 0.3 is 0 Å². The summed E-state index contributed by atoms with van der Waals surface area (Å²) in [5.74, 6) is 1.29. The van der Waals surface area contributed by atoms with Crippen LogP contribution in [0.1, 0.15) is 37.8 Å². The second-order valence-corrected chi connectivity index (χ2v) is 6.25. The van der Waals surface area contributed by atoms with Crippen molar-refractivity contribution >= 4 is 0 Å². The third-order valence-electron chi connectivity index (χ3n) is 5.27. The zero-order valence-corrected chi connectivity index (χ0v) is 16.8. The number of ether oxygens (including phenoxy) is 4. The van der Waals surface area contributed by atoms with Crippen LogP contribution in [-0.4, -0.2) is 38.7 Å². The fourth-order valence-corrected chi connectivity index (χ4v) is 3.57. The van der Waals surface area contributed by atoms with Gasteiger partial charge in [-0.15, -0.1) is 0 Å². The zero-order chi connectivity index (χ0) is 20.2. The summed E-state index contributed by atoms with van der Waals surface area (Å²) in [6, 6.07) is 7.26. The summed E-state index contributed by atoms with van der Waals surface area (Å²) in [5, 5.41) is 20.5. The van der Waals surface area contributed by atoms with Gasteiger partial charge in [0.05, 0.1) is 28.4 Å². The van der Waals surface area contributed by atoms with E-state index in [2.05, 4.69) is 13.8 Å². The molecule has 2 aromatic rings. The van der Waals surface area contributed by atoms with Crippen molar-refractivity contribution in [2.24, 2.45) is 0 Å². The average molecular weight is 376 g/mol. The van der Waals surface area contributed by atoms with Gasteiger partial charge in [0.1, 0.15) is 0 Å². The Bertz CT molecular complexity index is 682. The highest BCUT2D eigenvalue weighted by Gasteiger charge is 2.34. The van der Waals surface area contributed by atoms with Crippen molar-refractivity contribution < 1.29 is 29.2 Å². The Hall–Kier alpha value is -2.76. The molecule has 0 aliphatic heterocycles. The molecule has 0 aliphatic carbocycles. The number of hydrogen-bond donors (Lipinski definition) is 2. The number of methoxy groups -OCH3 is 4. The van der Waals surface area contributed by atoms with Crippen molar-refractivity contribution in [1.82, 2.24) is 0 Å². The molecule has 0 heterocycles. The van der Waals surface area contributed by atoms with Crippen molar-refractivity contribution in [2.45, 2.75) is 32.1 Å². The number of phenols is 2. The molecule has 0 spiro atoms. The topological polar surface area (TPSA) is 77.4 Å². The summed E-state index contributed by atoms with van der Waals surface area (Å²) in [6.45, 7) is 4.17. The van der Waals surface area contributed by atoms with E-state index in [0.717, 1.165) is 24.0 Å². The van der Waals surface area contributed by atoms with Crippen LogP contribution >= 0.6 is 0 Å². The van der Waals surface area contributed by atoms with E-state index in [1.54, 1.807) is 0 Å². The van der Waals surface area contributed by atoms with Crippen LogP contribution in [0.3, 0.4) is 0 Å². The highest BCUT2D eigenvalue weighted by atomic mass is 16.5. The summed E-state index contributed by atoms with van der Waals surface area (Å²) >= 11 is 0. The Balaban J connectivity index is 2.80. The second-order valence-electron chi connectivity index (χ2n) is 6.25. The lowest BCUT2D eigenvalue weighted by atomic mass is 9.70. The fourth-order valence-electron chi connectivity index (χ4n) is 3.57. The van der Waals surface area contributed by atoms with Gasteiger partial charge in [-0.3, -0.25) is 0 Å². The fraction of sp³-hybridized carbons (Fsp3) is 0.429. The van der Waals surface area contributed by atoms with Crippen LogP contribution in [0, 0.1) is 0 Å². The SMILES string of the molecule is CCC(CC)(c1cc(OC)c(O)c(OC)c1)c1cc(OC)c(O)c(OC)c1. The molecule has 0 saturated heterocycles. The molecule has 0 radical (unpaired) electrons. The third kappa shape index (κ3) is 3.44. The maximum absolute atomic E-state index is 10.3. The molecule has 27 heavy (non-hydrogen) atoms. The second kappa shape index (κ2) is 8.29. The molecule has 0 unspecified atom stereocenters. The number of hydrogen-bond acceptors (Lipinski definition) is 6. The summed E-state index contributed by atoms with van der Waals surface area (Å²) in [4.78, 5) is 0. The van der Waals surface area contributed by atoms with Crippen LogP contribution in [0.4, 0.5) is 0 Å². The van der Waals surface area contributed by atoms with Gasteiger partial charge in [-0.05, 0) is 48.2 Å². The van der Waals surface area contributed by atoms with E-state index in [9.17, 15) is 10.2 Å². The molecule has 0 aromatic heterocycles. The van der Waals surface area contributed by atoms with E-state index < -0.39 is 5.41 Å². The predicted molar refractivity (Wildman–Crippen MR) is 104 cm³/mol. The van der Waals surface area contributed by atoms with Crippen LogP contribution in [0.5, 0.6) is 34.5 Å². The standard InChI is InChI=1S/C21H28O6/c1-7-21(8-2,13-9-15(24-3)19(22)16(10-13)25-4)14-11-17(26-5)20(23)18(12-14)27-6/h9-12,22-23H,7-8H2,1-6H3. The number of benzene rings is 2. The van der Waals surface area contributed by atoms with Crippen molar-refractivity contribution in [2.75, 3.05) is 28.4 Å². The molecule has 148 valence electrons. The van der Waals surface area contributed by atoms with Crippen LogP contribution in [0.15, 0.2) is 24.3 Å². The van der Waals surface area contributed by atoms with Crippen molar-refractivity contribution in [3.05, 3.63) is 35.4 Å². The highest BCUT2D eigenvalue weighted by Crippen LogP contribution is 2.49. The Morgan fingerprint density at radius 3 is 1.07 bits per heavy atom. The van der Waals surface area contributed by atoms with Gasteiger partial charge in [-0.2, -0.15) is 0 Å². The first kappa shape index (κ1) is 20.6. The lowest BCUT2D eigenvalue weighted by Crippen LogP contribution is -2.26. The maximum Gasteiger partial charge on any atom is 0.200 e. The highest BCUT2D eigenvalue weighted by molar-refractivity contribution is 5.59. The summed E-state index contributed by atoms with van der Waals surface area (Å²) in [6.07, 6.45) is 1.52. The molecule has 0 saturated carbocycles. The minimum Gasteiger partial charge on any atom is -0.502 e. The van der Waals surface area contributed by atoms with Gasteiger partial charge < -0.3 is 29.2 Å². The monoisotopic (exact) mass is 376 g/mol. The number of rotatable bonds is 8. The van der Waals surface area contributed by atoms with Crippen molar-refractivity contribution in [1.29, 1.82) is 0 Å². The molecular formula is C21H28O6. The first-order valence-corrected chi connectivity index (χ1v) is 8.83. The first-order valence-electron chi connectivity index (χ1n) is 8.83. The summed E-state index contributed by atoms with van der Waals surface area (Å²) in [7, 11) is 6.02. The predicted octanol–water partition coefficient (Wildman–Crippen LogP) is 4.24. The minimum atomic E-state index is -0.428. The molecule has 6 heteroatoms. The Kier molecular flexibility index (Phi) is 6.31. The molecule has 0 atom stereocenters. The van der Waals surface area contributed by atoms with E-state index in [4.69, 9.17) is 18.9 Å². The van der Waals surface area contributed by atoms with Crippen LogP contribution in [0.2, 0.25) is 0 Å². The number of phenolic OH excluding ortho intramolecular Hbond substituents is 2. The van der Waals surface area contributed by atoms with Gasteiger partial charge in [0.25, 0.3) is 0 Å². The normalized spacial score (nSPS) is 11.2. The molecule has 0 aliphatic rings. The van der Waals surface area contributed by atoms with Gasteiger partial charge in [-0.25, -0.2) is 0 Å². The molecule has 0 bridgehead atoms. The molecule has 0 fully saturated rings. The van der Waals surface area contributed by atoms with Crippen LogP contribution in [0.25, 0.3) is 0 Å². The van der Waals surface area contributed by atoms with E-state index in [0.29, 0.717) is 23.0 Å². The van der Waals surface area contributed by atoms with Crippen molar-refractivity contribution in [3.8, 4) is 34.5 Å². The Morgan fingerprint density at radius 2 is 0.889 bits per heavy atom. The van der Waals surface area contributed by atoms with Gasteiger partial charge in [-0.1, -0.05) is 13.8 Å². The van der Waals surface area contributed by atoms with E-state index in [-0.39, 0.29) is 11.5 Å². The van der Waals surface area contributed by atoms with Crippen molar-refractivity contribution in [3.63, 3.8) is 0 Å². The Labute approximate surface area is 160 Å². The van der Waals surface area contributed by atoms with Crippen LogP contribution in [-0.2, 0) is 5.41 Å². The largest absolute Gasteiger partial charge is 0.502 e. The third-order valence-corrected chi connectivity index (χ3v) is 5.27. The maximum atomic E-state index is 10.3. The molecule has 2 N–H and O–H groups in total.